The Balaban J connectivity index is 2.02. The van der Waals surface area contributed by atoms with Crippen molar-refractivity contribution in [2.45, 2.75) is 53.2 Å². The maximum atomic E-state index is 4.58. The minimum atomic E-state index is 0.317. The van der Waals surface area contributed by atoms with Crippen molar-refractivity contribution in [1.29, 1.82) is 0 Å². The molecule has 18 heavy (non-hydrogen) atoms. The first-order valence-corrected chi connectivity index (χ1v) is 7.62. The van der Waals surface area contributed by atoms with Gasteiger partial charge in [0.1, 0.15) is 5.01 Å². The van der Waals surface area contributed by atoms with Gasteiger partial charge in [-0.05, 0) is 19.3 Å². The highest BCUT2D eigenvalue weighted by molar-refractivity contribution is 7.09. The van der Waals surface area contributed by atoms with E-state index in [4.69, 9.17) is 0 Å². The third kappa shape index (κ3) is 3.31. The van der Waals surface area contributed by atoms with Crippen LogP contribution in [0.15, 0.2) is 5.38 Å². The van der Waals surface area contributed by atoms with Crippen LogP contribution in [-0.4, -0.2) is 35.1 Å². The van der Waals surface area contributed by atoms with Gasteiger partial charge in [-0.2, -0.15) is 0 Å². The van der Waals surface area contributed by atoms with E-state index >= 15 is 0 Å². The average molecular weight is 267 g/mol. The lowest BCUT2D eigenvalue weighted by Gasteiger charge is -2.43. The summed E-state index contributed by atoms with van der Waals surface area (Å²) < 4.78 is 0. The van der Waals surface area contributed by atoms with Crippen molar-refractivity contribution in [3.05, 3.63) is 16.1 Å². The Labute approximate surface area is 115 Å². The number of rotatable bonds is 2. The van der Waals surface area contributed by atoms with Gasteiger partial charge in [0.2, 0.25) is 0 Å². The van der Waals surface area contributed by atoms with Crippen LogP contribution in [0.25, 0.3) is 0 Å². The average Bonchev–Trinajstić information content (AvgIpc) is 2.66. The monoisotopic (exact) mass is 267 g/mol. The number of thiazole rings is 1. The van der Waals surface area contributed by atoms with Gasteiger partial charge in [0.25, 0.3) is 0 Å². The van der Waals surface area contributed by atoms with Crippen molar-refractivity contribution in [2.75, 3.05) is 13.1 Å². The second-order valence-corrected chi connectivity index (χ2v) is 7.43. The second kappa shape index (κ2) is 5.27. The molecule has 1 N–H and O–H groups in total. The zero-order valence-corrected chi connectivity index (χ0v) is 13.0. The van der Waals surface area contributed by atoms with Crippen molar-refractivity contribution >= 4 is 11.3 Å². The molecular formula is C14H25N3S. The summed E-state index contributed by atoms with van der Waals surface area (Å²) in [5.41, 5.74) is 1.46. The highest BCUT2D eigenvalue weighted by Crippen LogP contribution is 2.24. The molecule has 2 atom stereocenters. The fourth-order valence-electron chi connectivity index (χ4n) is 2.37. The maximum Gasteiger partial charge on any atom is 0.107 e. The van der Waals surface area contributed by atoms with Crippen molar-refractivity contribution in [3.63, 3.8) is 0 Å². The first kappa shape index (κ1) is 14.0. The molecule has 0 amide bonds. The Bertz CT molecular complexity index is 394. The molecule has 0 bridgehead atoms. The van der Waals surface area contributed by atoms with Crippen molar-refractivity contribution < 1.29 is 0 Å². The fraction of sp³-hybridized carbons (Fsp3) is 0.786. The van der Waals surface area contributed by atoms with Crippen LogP contribution in [0, 0.1) is 12.3 Å². The van der Waals surface area contributed by atoms with Gasteiger partial charge in [0, 0.05) is 36.2 Å². The number of piperazine rings is 1. The molecule has 1 aromatic rings. The van der Waals surface area contributed by atoms with Crippen LogP contribution in [0.5, 0.6) is 0 Å². The van der Waals surface area contributed by atoms with Crippen LogP contribution < -0.4 is 5.32 Å². The van der Waals surface area contributed by atoms with Crippen LogP contribution >= 0.6 is 11.3 Å². The normalized spacial score (nSPS) is 26.5. The summed E-state index contributed by atoms with van der Waals surface area (Å²) in [6, 6.07) is 1.16. The molecule has 2 rings (SSSR count). The van der Waals surface area contributed by atoms with Gasteiger partial charge in [0.15, 0.2) is 0 Å². The van der Waals surface area contributed by atoms with Gasteiger partial charge < -0.3 is 5.32 Å². The highest BCUT2D eigenvalue weighted by atomic mass is 32.1. The molecule has 102 valence electrons. The largest absolute Gasteiger partial charge is 0.311 e. The Hall–Kier alpha value is -0.450. The molecule has 1 aliphatic rings. The van der Waals surface area contributed by atoms with Crippen LogP contribution in [0.3, 0.4) is 0 Å². The summed E-state index contributed by atoms with van der Waals surface area (Å²) in [7, 11) is 0. The van der Waals surface area contributed by atoms with Gasteiger partial charge in [-0.25, -0.2) is 4.98 Å². The molecule has 3 nitrogen and oxygen atoms in total. The summed E-state index contributed by atoms with van der Waals surface area (Å²) in [5.74, 6) is 0. The van der Waals surface area contributed by atoms with Gasteiger partial charge in [-0.3, -0.25) is 4.90 Å². The summed E-state index contributed by atoms with van der Waals surface area (Å²) >= 11 is 1.78. The Morgan fingerprint density at radius 2 is 2.22 bits per heavy atom. The third-order valence-electron chi connectivity index (χ3n) is 3.75. The van der Waals surface area contributed by atoms with E-state index in [1.54, 1.807) is 11.3 Å². The lowest BCUT2D eigenvalue weighted by molar-refractivity contribution is 0.0876. The Kier molecular flexibility index (Phi) is 4.09. The Morgan fingerprint density at radius 1 is 1.50 bits per heavy atom. The van der Waals surface area contributed by atoms with E-state index in [9.17, 15) is 0 Å². The molecule has 1 saturated heterocycles. The van der Waals surface area contributed by atoms with E-state index < -0.39 is 0 Å². The summed E-state index contributed by atoms with van der Waals surface area (Å²) in [5, 5.41) is 7.06. The van der Waals surface area contributed by atoms with Crippen LogP contribution in [-0.2, 0) is 6.54 Å². The Morgan fingerprint density at radius 3 is 2.78 bits per heavy atom. The molecule has 0 aromatic carbocycles. The molecule has 2 unspecified atom stereocenters. The van der Waals surface area contributed by atoms with E-state index in [1.165, 1.54) is 5.01 Å². The zero-order valence-electron chi connectivity index (χ0n) is 12.2. The quantitative estimate of drug-likeness (QED) is 0.893. The van der Waals surface area contributed by atoms with Crippen molar-refractivity contribution in [2.24, 2.45) is 5.41 Å². The zero-order chi connectivity index (χ0) is 13.3. The third-order valence-corrected chi connectivity index (χ3v) is 4.70. The van der Waals surface area contributed by atoms with Gasteiger partial charge in [-0.1, -0.05) is 20.8 Å². The van der Waals surface area contributed by atoms with Crippen molar-refractivity contribution in [3.8, 4) is 0 Å². The number of aromatic nitrogens is 1. The predicted octanol–water partition coefficient (Wildman–Crippen LogP) is 2.66. The van der Waals surface area contributed by atoms with E-state index in [2.05, 4.69) is 55.2 Å². The van der Waals surface area contributed by atoms with E-state index in [-0.39, 0.29) is 0 Å². The van der Waals surface area contributed by atoms with Gasteiger partial charge in [-0.15, -0.1) is 11.3 Å². The summed E-state index contributed by atoms with van der Waals surface area (Å²) in [6.45, 7) is 14.5. The van der Waals surface area contributed by atoms with E-state index in [1.807, 2.05) is 0 Å². The van der Waals surface area contributed by atoms with Crippen molar-refractivity contribution in [1.82, 2.24) is 15.2 Å². The van der Waals surface area contributed by atoms with E-state index in [0.29, 0.717) is 17.5 Å². The molecule has 1 aromatic heterocycles. The van der Waals surface area contributed by atoms with Gasteiger partial charge >= 0.3 is 0 Å². The molecular weight excluding hydrogens is 242 g/mol. The molecule has 0 radical (unpaired) electrons. The first-order chi connectivity index (χ1) is 8.36. The predicted molar refractivity (Wildman–Crippen MR) is 78.0 cm³/mol. The standard InChI is InChI=1S/C14H25N3S/c1-10-9-18-13(16-10)8-17-7-12(14(3,4)5)15-6-11(17)2/h9,11-12,15H,6-8H2,1-5H3. The minimum Gasteiger partial charge on any atom is -0.311 e. The lowest BCUT2D eigenvalue weighted by atomic mass is 9.85. The molecule has 0 saturated carbocycles. The number of aryl methyl sites for hydroxylation is 1. The SMILES string of the molecule is Cc1csc(CN2CC(C(C)(C)C)NCC2C)n1. The maximum absolute atomic E-state index is 4.58. The number of hydrogen-bond acceptors (Lipinski definition) is 4. The van der Waals surface area contributed by atoms with Crippen LogP contribution in [0.2, 0.25) is 0 Å². The molecule has 1 fully saturated rings. The molecule has 2 heterocycles. The molecule has 0 spiro atoms. The fourth-order valence-corrected chi connectivity index (χ4v) is 3.17. The smallest absolute Gasteiger partial charge is 0.107 e. The summed E-state index contributed by atoms with van der Waals surface area (Å²) in [6.07, 6.45) is 0. The second-order valence-electron chi connectivity index (χ2n) is 6.49. The molecule has 1 aliphatic heterocycles. The first-order valence-electron chi connectivity index (χ1n) is 6.74. The minimum absolute atomic E-state index is 0.317. The number of nitrogens with one attached hydrogen (secondary N) is 1. The lowest BCUT2D eigenvalue weighted by Crippen LogP contribution is -2.59. The van der Waals surface area contributed by atoms with Gasteiger partial charge in [0.05, 0.1) is 6.54 Å². The van der Waals surface area contributed by atoms with Crippen LogP contribution in [0.4, 0.5) is 0 Å². The highest BCUT2D eigenvalue weighted by Gasteiger charge is 2.32. The number of nitrogens with zero attached hydrogens (tertiary/aromatic N) is 2. The topological polar surface area (TPSA) is 28.2 Å². The van der Waals surface area contributed by atoms with Crippen LogP contribution in [0.1, 0.15) is 38.4 Å². The van der Waals surface area contributed by atoms with E-state index in [0.717, 1.165) is 25.3 Å². The number of hydrogen-bond donors (Lipinski definition) is 1. The molecule has 0 aliphatic carbocycles. The summed E-state index contributed by atoms with van der Waals surface area (Å²) in [4.78, 5) is 7.14. The molecule has 4 heteroatoms.